The number of hydrogen-bond acceptors (Lipinski definition) is 6. The Balaban J connectivity index is 2.30. The largest absolute Gasteiger partial charge is 0.573 e. The predicted molar refractivity (Wildman–Crippen MR) is 108 cm³/mol. The van der Waals surface area contributed by atoms with Gasteiger partial charge in [0.05, 0.1) is 22.8 Å². The molecular formula is C17H19F6N3O6S2. The predicted octanol–water partition coefficient (Wildman–Crippen LogP) is 2.56. The lowest BCUT2D eigenvalue weighted by molar-refractivity contribution is -0.274. The molecule has 2 rings (SSSR count). The summed E-state index contributed by atoms with van der Waals surface area (Å²) in [5, 5.41) is 2.03. The Morgan fingerprint density at radius 3 is 2.24 bits per heavy atom. The van der Waals surface area contributed by atoms with E-state index in [2.05, 4.69) is 11.3 Å². The van der Waals surface area contributed by atoms with Crippen LogP contribution in [0.15, 0.2) is 30.5 Å². The second kappa shape index (κ2) is 9.99. The summed E-state index contributed by atoms with van der Waals surface area (Å²) >= 11 is 0. The summed E-state index contributed by atoms with van der Waals surface area (Å²) in [7, 11) is -7.99. The Kier molecular flexibility index (Phi) is 8.14. The number of rotatable bonds is 8. The number of nitrogens with zero attached hydrogens (tertiary/aromatic N) is 1. The van der Waals surface area contributed by atoms with Crippen LogP contribution in [-0.2, 0) is 20.0 Å². The molecule has 0 atom stereocenters. The fraction of sp³-hybridized carbons (Fsp3) is 0.471. The van der Waals surface area contributed by atoms with Gasteiger partial charge in [-0.3, -0.25) is 9.52 Å². The van der Waals surface area contributed by atoms with Crippen LogP contribution >= 0.6 is 0 Å². The third-order valence-corrected chi connectivity index (χ3v) is 7.48. The van der Waals surface area contributed by atoms with Crippen molar-refractivity contribution in [2.45, 2.75) is 25.4 Å². The molecule has 0 saturated carbocycles. The van der Waals surface area contributed by atoms with E-state index in [4.69, 9.17) is 0 Å². The molecule has 17 heteroatoms. The van der Waals surface area contributed by atoms with E-state index >= 15 is 0 Å². The number of carbonyl (C=O) groups excluding carboxylic acids is 1. The number of amides is 1. The van der Waals surface area contributed by atoms with E-state index in [1.807, 2.05) is 10.0 Å². The number of hydrogen-bond donors (Lipinski definition) is 2. The molecule has 9 nitrogen and oxygen atoms in total. The van der Waals surface area contributed by atoms with E-state index in [9.17, 15) is 48.0 Å². The number of anilines is 1. The number of nitrogens with one attached hydrogen (secondary N) is 2. The zero-order valence-electron chi connectivity index (χ0n) is 17.2. The van der Waals surface area contributed by atoms with Crippen LogP contribution in [0.5, 0.6) is 5.75 Å². The number of alkyl halides is 6. The molecule has 1 amide bonds. The number of sulfone groups is 1. The minimum absolute atomic E-state index is 0.368. The Bertz CT molecular complexity index is 1140. The van der Waals surface area contributed by atoms with E-state index in [1.165, 1.54) is 0 Å². The van der Waals surface area contributed by atoms with Crippen LogP contribution in [0.2, 0.25) is 0 Å². The van der Waals surface area contributed by atoms with Gasteiger partial charge in [-0.15, -0.1) is 13.2 Å². The molecule has 0 radical (unpaired) electrons. The Morgan fingerprint density at radius 2 is 1.71 bits per heavy atom. The second-order valence-electron chi connectivity index (χ2n) is 7.09. The number of halogens is 6. The summed E-state index contributed by atoms with van der Waals surface area (Å²) in [4.78, 5) is 12.5. The fourth-order valence-corrected chi connectivity index (χ4v) is 5.40. The maximum atomic E-state index is 12.7. The molecule has 1 aromatic rings. The first kappa shape index (κ1) is 27.7. The van der Waals surface area contributed by atoms with E-state index in [0.717, 1.165) is 10.4 Å². The average molecular weight is 539 g/mol. The van der Waals surface area contributed by atoms with Crippen molar-refractivity contribution in [3.05, 3.63) is 36.0 Å². The first-order valence-electron chi connectivity index (χ1n) is 9.31. The SMILES string of the molecule is C=C(CCC(F)(F)F)NC(=O)c1ccc(OC(F)(F)F)cc1NS(=O)(=O)N1CCS(=O)(=O)CC1. The maximum Gasteiger partial charge on any atom is 0.573 e. The van der Waals surface area contributed by atoms with Crippen LogP contribution < -0.4 is 14.8 Å². The van der Waals surface area contributed by atoms with Crippen molar-refractivity contribution in [1.82, 2.24) is 9.62 Å². The van der Waals surface area contributed by atoms with Crippen molar-refractivity contribution < 1.29 is 52.7 Å². The van der Waals surface area contributed by atoms with Crippen LogP contribution in [-0.4, -0.2) is 64.2 Å². The van der Waals surface area contributed by atoms with Gasteiger partial charge in [0.15, 0.2) is 9.84 Å². The van der Waals surface area contributed by atoms with E-state index < -0.39 is 92.9 Å². The van der Waals surface area contributed by atoms with Gasteiger partial charge in [-0.1, -0.05) is 6.58 Å². The molecule has 0 aromatic heterocycles. The molecule has 1 aliphatic heterocycles. The van der Waals surface area contributed by atoms with Gasteiger partial charge in [0.25, 0.3) is 5.91 Å². The number of ether oxygens (including phenoxy) is 1. The van der Waals surface area contributed by atoms with Crippen molar-refractivity contribution in [2.24, 2.45) is 0 Å². The molecule has 192 valence electrons. The first-order valence-corrected chi connectivity index (χ1v) is 12.6. The van der Waals surface area contributed by atoms with Crippen molar-refractivity contribution in [1.29, 1.82) is 0 Å². The zero-order valence-corrected chi connectivity index (χ0v) is 18.8. The van der Waals surface area contributed by atoms with Crippen LogP contribution in [0, 0.1) is 0 Å². The smallest absolute Gasteiger partial charge is 0.406 e. The molecule has 0 bridgehead atoms. The van der Waals surface area contributed by atoms with Gasteiger partial charge < -0.3 is 10.1 Å². The van der Waals surface area contributed by atoms with Crippen LogP contribution in [0.3, 0.4) is 0 Å². The van der Waals surface area contributed by atoms with E-state index in [0.29, 0.717) is 12.1 Å². The van der Waals surface area contributed by atoms with Gasteiger partial charge >= 0.3 is 22.7 Å². The van der Waals surface area contributed by atoms with Crippen LogP contribution in [0.25, 0.3) is 0 Å². The average Bonchev–Trinajstić information content (AvgIpc) is 2.64. The molecule has 1 saturated heterocycles. The molecular weight excluding hydrogens is 520 g/mol. The lowest BCUT2D eigenvalue weighted by atomic mass is 10.1. The maximum absolute atomic E-state index is 12.7. The lowest BCUT2D eigenvalue weighted by Crippen LogP contribution is -2.46. The van der Waals surface area contributed by atoms with Crippen LogP contribution in [0.4, 0.5) is 32.0 Å². The lowest BCUT2D eigenvalue weighted by Gasteiger charge is -2.27. The third kappa shape index (κ3) is 8.68. The van der Waals surface area contributed by atoms with Gasteiger partial charge in [0.2, 0.25) is 0 Å². The van der Waals surface area contributed by atoms with E-state index in [1.54, 1.807) is 0 Å². The minimum Gasteiger partial charge on any atom is -0.406 e. The Hall–Kier alpha value is -2.53. The minimum atomic E-state index is -5.15. The molecule has 1 aromatic carbocycles. The number of allylic oxidation sites excluding steroid dienone is 1. The first-order chi connectivity index (χ1) is 15.4. The Labute approximate surface area is 190 Å². The molecule has 1 heterocycles. The summed E-state index contributed by atoms with van der Waals surface area (Å²) in [5.74, 6) is -3.02. The van der Waals surface area contributed by atoms with Crippen molar-refractivity contribution in [3.63, 3.8) is 0 Å². The highest BCUT2D eigenvalue weighted by molar-refractivity contribution is 7.92. The number of benzene rings is 1. The van der Waals surface area contributed by atoms with Gasteiger partial charge in [-0.05, 0) is 18.6 Å². The molecule has 0 unspecified atom stereocenters. The third-order valence-electron chi connectivity index (χ3n) is 4.35. The summed E-state index contributed by atoms with van der Waals surface area (Å²) in [6.07, 6.45) is -11.7. The topological polar surface area (TPSA) is 122 Å². The van der Waals surface area contributed by atoms with E-state index in [-0.39, 0.29) is 5.70 Å². The highest BCUT2D eigenvalue weighted by atomic mass is 32.2. The molecule has 34 heavy (non-hydrogen) atoms. The molecule has 1 fully saturated rings. The van der Waals surface area contributed by atoms with Crippen LogP contribution in [0.1, 0.15) is 23.2 Å². The molecule has 1 aliphatic rings. The normalized spacial score (nSPS) is 17.1. The highest BCUT2D eigenvalue weighted by Crippen LogP contribution is 2.29. The monoisotopic (exact) mass is 539 g/mol. The molecule has 2 N–H and O–H groups in total. The van der Waals surface area contributed by atoms with Crippen molar-refractivity contribution in [2.75, 3.05) is 29.3 Å². The molecule has 0 spiro atoms. The van der Waals surface area contributed by atoms with Gasteiger partial charge in [0.1, 0.15) is 5.75 Å². The number of carbonyl (C=O) groups is 1. The van der Waals surface area contributed by atoms with Gasteiger partial charge in [-0.2, -0.15) is 25.9 Å². The highest BCUT2D eigenvalue weighted by Gasteiger charge is 2.33. The van der Waals surface area contributed by atoms with Crippen molar-refractivity contribution >= 4 is 31.6 Å². The van der Waals surface area contributed by atoms with Crippen molar-refractivity contribution in [3.8, 4) is 5.75 Å². The van der Waals surface area contributed by atoms with Gasteiger partial charge in [0, 0.05) is 31.3 Å². The molecule has 0 aliphatic carbocycles. The second-order valence-corrected chi connectivity index (χ2v) is 11.1. The fourth-order valence-electron chi connectivity index (χ4n) is 2.73. The summed E-state index contributed by atoms with van der Waals surface area (Å²) in [6, 6.07) is 2.03. The standard InChI is InChI=1S/C17H19F6N3O6S2/c1-11(4-5-16(18,19)20)24-15(27)13-3-2-12(32-17(21,22)23)10-14(13)25-34(30,31)26-6-8-33(28,29)9-7-26/h2-3,10,25H,1,4-9H2,(H,24,27). The van der Waals surface area contributed by atoms with Gasteiger partial charge in [-0.25, -0.2) is 8.42 Å². The summed E-state index contributed by atoms with van der Waals surface area (Å²) in [6.45, 7) is 2.39. The summed E-state index contributed by atoms with van der Waals surface area (Å²) in [5.41, 5.74) is -1.60. The Morgan fingerprint density at radius 1 is 1.12 bits per heavy atom. The summed E-state index contributed by atoms with van der Waals surface area (Å²) < 4.78 is 129. The quantitative estimate of drug-likeness (QED) is 0.490. The zero-order chi connectivity index (χ0) is 25.9.